The lowest BCUT2D eigenvalue weighted by Gasteiger charge is -2.38. The summed E-state index contributed by atoms with van der Waals surface area (Å²) in [6, 6.07) is 6.12. The number of hydrogen-bond acceptors (Lipinski definition) is 3. The molecule has 0 N–H and O–H groups in total. The fraction of sp³-hybridized carbons (Fsp3) is 0.643. The van der Waals surface area contributed by atoms with Gasteiger partial charge in [-0.15, -0.1) is 0 Å². The van der Waals surface area contributed by atoms with Gasteiger partial charge in [0.05, 0.1) is 0 Å². The van der Waals surface area contributed by atoms with Gasteiger partial charge in [-0.1, -0.05) is 35.8 Å². The number of alkyl halides is 1. The van der Waals surface area contributed by atoms with Crippen molar-refractivity contribution in [1.29, 1.82) is 0 Å². The first-order chi connectivity index (χ1) is 8.61. The van der Waals surface area contributed by atoms with Crippen molar-refractivity contribution in [3.8, 4) is 0 Å². The second-order valence-corrected chi connectivity index (χ2v) is 6.31. The number of anilines is 1. The van der Waals surface area contributed by atoms with Gasteiger partial charge in [-0.25, -0.2) is 4.98 Å². The van der Waals surface area contributed by atoms with Crippen LogP contribution >= 0.6 is 15.9 Å². The molecule has 1 aromatic rings. The average Bonchev–Trinajstić information content (AvgIpc) is 2.40. The number of hydrogen-bond donors (Lipinski definition) is 0. The molecular weight excluding hydrogens is 290 g/mol. The smallest absolute Gasteiger partial charge is 0.128 e. The van der Waals surface area contributed by atoms with Gasteiger partial charge < -0.3 is 4.90 Å². The zero-order valence-corrected chi connectivity index (χ0v) is 12.9. The van der Waals surface area contributed by atoms with E-state index in [0.717, 1.165) is 43.9 Å². The Balaban J connectivity index is 1.85. The van der Waals surface area contributed by atoms with Gasteiger partial charge in [-0.3, -0.25) is 4.90 Å². The highest BCUT2D eigenvalue weighted by Crippen LogP contribution is 2.21. The van der Waals surface area contributed by atoms with Gasteiger partial charge in [0.1, 0.15) is 5.82 Å². The van der Waals surface area contributed by atoms with Crippen molar-refractivity contribution in [3.63, 3.8) is 0 Å². The van der Waals surface area contributed by atoms with E-state index in [1.54, 1.807) is 0 Å². The minimum absolute atomic E-state index is 0.354. The molecule has 100 valence electrons. The van der Waals surface area contributed by atoms with E-state index in [1.165, 1.54) is 0 Å². The lowest BCUT2D eigenvalue weighted by atomic mass is 9.95. The molecule has 1 aromatic heterocycles. The Labute approximate surface area is 118 Å². The molecule has 0 atom stereocenters. The van der Waals surface area contributed by atoms with Crippen molar-refractivity contribution >= 4 is 21.7 Å². The molecule has 0 aromatic carbocycles. The van der Waals surface area contributed by atoms with Crippen molar-refractivity contribution in [3.05, 3.63) is 24.4 Å². The first-order valence-corrected chi connectivity index (χ1v) is 7.67. The second-order valence-electron chi connectivity index (χ2n) is 5.75. The molecule has 0 spiro atoms. The third-order valence-corrected chi connectivity index (χ3v) is 4.88. The van der Waals surface area contributed by atoms with Crippen LogP contribution in [0.3, 0.4) is 0 Å². The van der Waals surface area contributed by atoms with Crippen LogP contribution in [0.4, 0.5) is 5.82 Å². The normalized spacial score (nSPS) is 18.1. The zero-order valence-electron chi connectivity index (χ0n) is 11.3. The third-order valence-electron chi connectivity index (χ3n) is 3.36. The molecule has 0 radical (unpaired) electrons. The van der Waals surface area contributed by atoms with Crippen LogP contribution in [0.1, 0.15) is 13.8 Å². The molecule has 2 heterocycles. The fourth-order valence-corrected chi connectivity index (χ4v) is 2.50. The van der Waals surface area contributed by atoms with E-state index in [9.17, 15) is 0 Å². The number of aromatic nitrogens is 1. The average molecular weight is 312 g/mol. The number of piperazine rings is 1. The van der Waals surface area contributed by atoms with Crippen molar-refractivity contribution in [1.82, 2.24) is 9.88 Å². The monoisotopic (exact) mass is 311 g/mol. The van der Waals surface area contributed by atoms with E-state index in [-0.39, 0.29) is 0 Å². The van der Waals surface area contributed by atoms with Crippen LogP contribution in [0.15, 0.2) is 24.4 Å². The van der Waals surface area contributed by atoms with Gasteiger partial charge in [-0.05, 0) is 17.5 Å². The maximum atomic E-state index is 4.42. The van der Waals surface area contributed by atoms with E-state index in [4.69, 9.17) is 0 Å². The van der Waals surface area contributed by atoms with Crippen LogP contribution in [0, 0.1) is 5.41 Å². The van der Waals surface area contributed by atoms with Crippen LogP contribution in [0.5, 0.6) is 0 Å². The predicted octanol–water partition coefficient (Wildman–Crippen LogP) is 2.62. The highest BCUT2D eigenvalue weighted by atomic mass is 79.9. The Morgan fingerprint density at radius 1 is 1.22 bits per heavy atom. The SMILES string of the molecule is CC(C)(CBr)CN1CCN(c2ccccn2)CC1. The lowest BCUT2D eigenvalue weighted by Crippen LogP contribution is -2.49. The van der Waals surface area contributed by atoms with Gasteiger partial charge in [0, 0.05) is 44.3 Å². The molecule has 3 nitrogen and oxygen atoms in total. The molecule has 1 aliphatic heterocycles. The van der Waals surface area contributed by atoms with E-state index in [0.29, 0.717) is 5.41 Å². The molecule has 1 saturated heterocycles. The van der Waals surface area contributed by atoms with Crippen LogP contribution in [-0.2, 0) is 0 Å². The van der Waals surface area contributed by atoms with Crippen LogP contribution in [0.25, 0.3) is 0 Å². The summed E-state index contributed by atoms with van der Waals surface area (Å²) in [4.78, 5) is 9.35. The molecule has 4 heteroatoms. The molecule has 0 amide bonds. The number of rotatable bonds is 4. The highest BCUT2D eigenvalue weighted by Gasteiger charge is 2.24. The quantitative estimate of drug-likeness (QED) is 0.797. The number of halogens is 1. The van der Waals surface area contributed by atoms with Crippen molar-refractivity contribution in [2.75, 3.05) is 43.0 Å². The van der Waals surface area contributed by atoms with Gasteiger partial charge in [0.2, 0.25) is 0 Å². The van der Waals surface area contributed by atoms with E-state index in [1.807, 2.05) is 12.3 Å². The van der Waals surface area contributed by atoms with Crippen LogP contribution in [-0.4, -0.2) is 47.9 Å². The van der Waals surface area contributed by atoms with Crippen LogP contribution in [0.2, 0.25) is 0 Å². The van der Waals surface area contributed by atoms with Crippen molar-refractivity contribution < 1.29 is 0 Å². The molecule has 18 heavy (non-hydrogen) atoms. The Morgan fingerprint density at radius 3 is 2.50 bits per heavy atom. The summed E-state index contributed by atoms with van der Waals surface area (Å²) < 4.78 is 0. The summed E-state index contributed by atoms with van der Waals surface area (Å²) in [5.41, 5.74) is 0.354. The Bertz CT molecular complexity index is 359. The summed E-state index contributed by atoms with van der Waals surface area (Å²) in [6.07, 6.45) is 1.87. The van der Waals surface area contributed by atoms with Crippen LogP contribution < -0.4 is 4.90 Å². The summed E-state index contributed by atoms with van der Waals surface area (Å²) in [6.45, 7) is 10.2. The molecule has 0 saturated carbocycles. The first-order valence-electron chi connectivity index (χ1n) is 6.55. The van der Waals surface area contributed by atoms with E-state index < -0.39 is 0 Å². The molecule has 1 fully saturated rings. The molecule has 2 rings (SSSR count). The van der Waals surface area contributed by atoms with Crippen molar-refractivity contribution in [2.24, 2.45) is 5.41 Å². The maximum absolute atomic E-state index is 4.42. The van der Waals surface area contributed by atoms with Crippen molar-refractivity contribution in [2.45, 2.75) is 13.8 Å². The largest absolute Gasteiger partial charge is 0.354 e. The molecule has 0 unspecified atom stereocenters. The highest BCUT2D eigenvalue weighted by molar-refractivity contribution is 9.09. The standard InChI is InChI=1S/C14H22BrN3/c1-14(2,11-15)12-17-7-9-18(10-8-17)13-5-3-4-6-16-13/h3-6H,7-12H2,1-2H3. The van der Waals surface area contributed by atoms with Gasteiger partial charge in [-0.2, -0.15) is 0 Å². The van der Waals surface area contributed by atoms with Gasteiger partial charge in [0.25, 0.3) is 0 Å². The third kappa shape index (κ3) is 3.69. The Morgan fingerprint density at radius 2 is 1.94 bits per heavy atom. The molecular formula is C14H22BrN3. The Hall–Kier alpha value is -0.610. The lowest BCUT2D eigenvalue weighted by molar-refractivity contribution is 0.186. The molecule has 0 bridgehead atoms. The fourth-order valence-electron chi connectivity index (χ4n) is 2.32. The topological polar surface area (TPSA) is 19.4 Å². The summed E-state index contributed by atoms with van der Waals surface area (Å²) in [5.74, 6) is 1.11. The summed E-state index contributed by atoms with van der Waals surface area (Å²) >= 11 is 3.60. The minimum Gasteiger partial charge on any atom is -0.354 e. The maximum Gasteiger partial charge on any atom is 0.128 e. The van der Waals surface area contributed by atoms with Gasteiger partial charge in [0.15, 0.2) is 0 Å². The minimum atomic E-state index is 0.354. The summed E-state index contributed by atoms with van der Waals surface area (Å²) in [5, 5.41) is 1.06. The summed E-state index contributed by atoms with van der Waals surface area (Å²) in [7, 11) is 0. The number of pyridine rings is 1. The van der Waals surface area contributed by atoms with E-state index in [2.05, 4.69) is 56.7 Å². The molecule has 0 aliphatic carbocycles. The van der Waals surface area contributed by atoms with Gasteiger partial charge >= 0.3 is 0 Å². The van der Waals surface area contributed by atoms with E-state index >= 15 is 0 Å². The Kier molecular flexibility index (Phi) is 4.62. The molecule has 1 aliphatic rings. The zero-order chi connectivity index (χ0) is 13.0. The first kappa shape index (κ1) is 13.8. The predicted molar refractivity (Wildman–Crippen MR) is 80.5 cm³/mol. The number of nitrogens with zero attached hydrogens (tertiary/aromatic N) is 3. The second kappa shape index (κ2) is 6.02.